The molecule has 3 heteroatoms. The highest BCUT2D eigenvalue weighted by Gasteiger charge is 2.25. The van der Waals surface area contributed by atoms with Crippen molar-refractivity contribution in [3.63, 3.8) is 0 Å². The molecule has 2 rings (SSSR count). The fourth-order valence-corrected chi connectivity index (χ4v) is 2.18. The molecule has 0 bridgehead atoms. The molecule has 1 aromatic carbocycles. The minimum atomic E-state index is -0.343. The van der Waals surface area contributed by atoms with Crippen LogP contribution in [0.1, 0.15) is 32.3 Å². The lowest BCUT2D eigenvalue weighted by atomic mass is 9.85. The van der Waals surface area contributed by atoms with Gasteiger partial charge < -0.3 is 5.32 Å². The first kappa shape index (κ1) is 12.8. The predicted octanol–water partition coefficient (Wildman–Crippen LogP) is 3.80. The average Bonchev–Trinajstić information content (AvgIpc) is 3.04. The maximum Gasteiger partial charge on any atom is 0.141 e. The van der Waals surface area contributed by atoms with E-state index in [1.54, 1.807) is 6.07 Å². The van der Waals surface area contributed by atoms with Gasteiger partial charge in [0.15, 0.2) is 0 Å². The quantitative estimate of drug-likeness (QED) is 0.844. The highest BCUT2D eigenvalue weighted by Crippen LogP contribution is 2.26. The summed E-state index contributed by atoms with van der Waals surface area (Å²) >= 11 is 5.79. The molecule has 1 aromatic rings. The largest absolute Gasteiger partial charge is 0.313 e. The fourth-order valence-electron chi connectivity index (χ4n) is 1.97. The van der Waals surface area contributed by atoms with Gasteiger partial charge in [-0.25, -0.2) is 4.39 Å². The van der Waals surface area contributed by atoms with E-state index in [0.717, 1.165) is 24.6 Å². The Kier molecular flexibility index (Phi) is 3.74. The fraction of sp³-hybridized carbons (Fsp3) is 0.571. The number of halogens is 2. The van der Waals surface area contributed by atoms with Crippen molar-refractivity contribution in [3.05, 3.63) is 34.6 Å². The van der Waals surface area contributed by atoms with E-state index in [0.29, 0.717) is 0 Å². The Morgan fingerprint density at radius 2 is 2.12 bits per heavy atom. The van der Waals surface area contributed by atoms with Crippen LogP contribution < -0.4 is 5.32 Å². The molecule has 0 aromatic heterocycles. The van der Waals surface area contributed by atoms with Gasteiger partial charge in [0.2, 0.25) is 0 Å². The third kappa shape index (κ3) is 3.97. The molecule has 1 saturated carbocycles. The summed E-state index contributed by atoms with van der Waals surface area (Å²) in [6, 6.07) is 5.73. The second-order valence-corrected chi connectivity index (χ2v) is 6.15. The lowest BCUT2D eigenvalue weighted by molar-refractivity contribution is 0.337. The molecule has 0 unspecified atom stereocenters. The van der Waals surface area contributed by atoms with Crippen LogP contribution in [0.2, 0.25) is 5.02 Å². The Hall–Kier alpha value is -0.600. The van der Waals surface area contributed by atoms with Gasteiger partial charge >= 0.3 is 0 Å². The molecular formula is C14H19ClFN. The molecule has 1 nitrogen and oxygen atoms in total. The summed E-state index contributed by atoms with van der Waals surface area (Å²) in [4.78, 5) is 0. The lowest BCUT2D eigenvalue weighted by Gasteiger charge is -2.25. The molecule has 17 heavy (non-hydrogen) atoms. The van der Waals surface area contributed by atoms with E-state index in [4.69, 9.17) is 11.6 Å². The monoisotopic (exact) mass is 255 g/mol. The molecule has 0 amide bonds. The number of hydrogen-bond donors (Lipinski definition) is 1. The smallest absolute Gasteiger partial charge is 0.141 e. The zero-order valence-electron chi connectivity index (χ0n) is 10.4. The van der Waals surface area contributed by atoms with Gasteiger partial charge in [0.05, 0.1) is 5.02 Å². The zero-order valence-corrected chi connectivity index (χ0v) is 11.1. The van der Waals surface area contributed by atoms with Gasteiger partial charge in [-0.3, -0.25) is 0 Å². The molecule has 0 saturated heterocycles. The number of benzene rings is 1. The Bertz CT molecular complexity index is 399. The van der Waals surface area contributed by atoms with E-state index in [1.807, 2.05) is 6.07 Å². The normalized spacial score (nSPS) is 16.2. The van der Waals surface area contributed by atoms with Gasteiger partial charge in [-0.15, -0.1) is 0 Å². The highest BCUT2D eigenvalue weighted by atomic mass is 35.5. The standard InChI is InChI=1S/C14H19ClFN/c1-14(2,9-17-11-4-5-11)8-10-3-6-13(16)12(15)7-10/h3,6-7,11,17H,4-5,8-9H2,1-2H3. The zero-order chi connectivity index (χ0) is 12.5. The van der Waals surface area contributed by atoms with Crippen molar-refractivity contribution in [2.24, 2.45) is 5.41 Å². The van der Waals surface area contributed by atoms with Crippen molar-refractivity contribution in [1.82, 2.24) is 5.32 Å². The molecule has 1 aliphatic carbocycles. The Labute approximate surface area is 107 Å². The Morgan fingerprint density at radius 1 is 1.41 bits per heavy atom. The maximum absolute atomic E-state index is 13.0. The Balaban J connectivity index is 1.94. The van der Waals surface area contributed by atoms with Crippen LogP contribution in [0.15, 0.2) is 18.2 Å². The first-order valence-corrected chi connectivity index (χ1v) is 6.51. The van der Waals surface area contributed by atoms with Crippen LogP contribution in [0.5, 0.6) is 0 Å². The summed E-state index contributed by atoms with van der Waals surface area (Å²) in [6.45, 7) is 5.44. The minimum Gasteiger partial charge on any atom is -0.313 e. The number of hydrogen-bond acceptors (Lipinski definition) is 1. The van der Waals surface area contributed by atoms with E-state index in [-0.39, 0.29) is 16.3 Å². The van der Waals surface area contributed by atoms with Gasteiger partial charge in [0, 0.05) is 12.6 Å². The van der Waals surface area contributed by atoms with Crippen molar-refractivity contribution < 1.29 is 4.39 Å². The number of nitrogens with one attached hydrogen (secondary N) is 1. The summed E-state index contributed by atoms with van der Waals surface area (Å²) < 4.78 is 13.0. The van der Waals surface area contributed by atoms with Crippen LogP contribution in [0.25, 0.3) is 0 Å². The SMILES string of the molecule is CC(C)(CNC1CC1)Cc1ccc(F)c(Cl)c1. The third-order valence-corrected chi connectivity index (χ3v) is 3.40. The van der Waals surface area contributed by atoms with E-state index < -0.39 is 0 Å². The second-order valence-electron chi connectivity index (χ2n) is 5.74. The molecule has 94 valence electrons. The molecule has 1 N–H and O–H groups in total. The maximum atomic E-state index is 13.0. The Morgan fingerprint density at radius 3 is 2.71 bits per heavy atom. The number of rotatable bonds is 5. The molecule has 0 spiro atoms. The molecule has 0 radical (unpaired) electrons. The van der Waals surface area contributed by atoms with Gasteiger partial charge in [-0.2, -0.15) is 0 Å². The van der Waals surface area contributed by atoms with E-state index in [1.165, 1.54) is 18.9 Å². The molecule has 1 aliphatic rings. The van der Waals surface area contributed by atoms with Gasteiger partial charge in [0.25, 0.3) is 0 Å². The van der Waals surface area contributed by atoms with Crippen LogP contribution in [-0.4, -0.2) is 12.6 Å². The lowest BCUT2D eigenvalue weighted by Crippen LogP contribution is -2.32. The molecule has 0 aliphatic heterocycles. The topological polar surface area (TPSA) is 12.0 Å². The van der Waals surface area contributed by atoms with Crippen LogP contribution in [0.4, 0.5) is 4.39 Å². The minimum absolute atomic E-state index is 0.170. The van der Waals surface area contributed by atoms with Crippen LogP contribution in [0, 0.1) is 11.2 Å². The molecular weight excluding hydrogens is 237 g/mol. The van der Waals surface area contributed by atoms with E-state index >= 15 is 0 Å². The summed E-state index contributed by atoms with van der Waals surface area (Å²) in [7, 11) is 0. The second kappa shape index (κ2) is 4.95. The first-order chi connectivity index (χ1) is 7.96. The predicted molar refractivity (Wildman–Crippen MR) is 69.9 cm³/mol. The average molecular weight is 256 g/mol. The van der Waals surface area contributed by atoms with Crippen molar-refractivity contribution in [2.75, 3.05) is 6.54 Å². The van der Waals surface area contributed by atoms with Crippen molar-refractivity contribution in [3.8, 4) is 0 Å². The van der Waals surface area contributed by atoms with Gasteiger partial charge in [0.1, 0.15) is 5.82 Å². The van der Waals surface area contributed by atoms with Crippen LogP contribution in [-0.2, 0) is 6.42 Å². The molecule has 0 heterocycles. The summed E-state index contributed by atoms with van der Waals surface area (Å²) in [5.74, 6) is -0.343. The third-order valence-electron chi connectivity index (χ3n) is 3.11. The van der Waals surface area contributed by atoms with E-state index in [2.05, 4.69) is 19.2 Å². The summed E-state index contributed by atoms with van der Waals surface area (Å²) in [6.07, 6.45) is 3.52. The molecule has 1 fully saturated rings. The van der Waals surface area contributed by atoms with Crippen molar-refractivity contribution >= 4 is 11.6 Å². The van der Waals surface area contributed by atoms with Crippen molar-refractivity contribution in [1.29, 1.82) is 0 Å². The van der Waals surface area contributed by atoms with Crippen LogP contribution in [0.3, 0.4) is 0 Å². The summed E-state index contributed by atoms with van der Waals surface area (Å²) in [5, 5.41) is 3.75. The summed E-state index contributed by atoms with van der Waals surface area (Å²) in [5.41, 5.74) is 1.27. The van der Waals surface area contributed by atoms with Gasteiger partial charge in [-0.1, -0.05) is 31.5 Å². The van der Waals surface area contributed by atoms with Crippen LogP contribution >= 0.6 is 11.6 Å². The van der Waals surface area contributed by atoms with Gasteiger partial charge in [-0.05, 0) is 42.4 Å². The molecule has 0 atom stereocenters. The highest BCUT2D eigenvalue weighted by molar-refractivity contribution is 6.30. The first-order valence-electron chi connectivity index (χ1n) is 6.14. The van der Waals surface area contributed by atoms with E-state index in [9.17, 15) is 4.39 Å². The van der Waals surface area contributed by atoms with Crippen molar-refractivity contribution in [2.45, 2.75) is 39.2 Å².